The van der Waals surface area contributed by atoms with Gasteiger partial charge in [-0.2, -0.15) is 0 Å². The molecule has 0 aliphatic carbocycles. The van der Waals surface area contributed by atoms with Gasteiger partial charge in [0.1, 0.15) is 5.51 Å². The number of rotatable bonds is 5. The second-order valence-electron chi connectivity index (χ2n) is 4.19. The number of ketones is 1. The van der Waals surface area contributed by atoms with Crippen LogP contribution in [0.1, 0.15) is 35.7 Å². The van der Waals surface area contributed by atoms with Crippen LogP contribution in [0.5, 0.6) is 0 Å². The van der Waals surface area contributed by atoms with Gasteiger partial charge in [-0.1, -0.05) is 61.2 Å². The maximum Gasteiger partial charge on any atom is 0.174 e. The Kier molecular flexibility index (Phi) is 4.49. The average molecular weight is 278 g/mol. The van der Waals surface area contributed by atoms with Crippen molar-refractivity contribution in [1.29, 1.82) is 0 Å². The summed E-state index contributed by atoms with van der Waals surface area (Å²) >= 11 is 2.89. The lowest BCUT2D eigenvalue weighted by atomic mass is 10.0. The molecule has 5 heteroatoms. The molecule has 18 heavy (non-hydrogen) atoms. The zero-order valence-electron chi connectivity index (χ0n) is 10.3. The van der Waals surface area contributed by atoms with Gasteiger partial charge in [-0.15, -0.1) is 10.2 Å². The maximum absolute atomic E-state index is 12.0. The van der Waals surface area contributed by atoms with E-state index in [1.165, 1.54) is 28.7 Å². The van der Waals surface area contributed by atoms with E-state index in [0.717, 1.165) is 9.90 Å². The molecule has 1 aromatic carbocycles. The van der Waals surface area contributed by atoms with Gasteiger partial charge < -0.3 is 0 Å². The highest BCUT2D eigenvalue weighted by atomic mass is 32.2. The molecule has 0 spiro atoms. The number of carbonyl (C=O) groups excluding carboxylic acids is 1. The number of benzene rings is 1. The molecule has 1 heterocycles. The predicted octanol–water partition coefficient (Wildman–Crippen LogP) is 3.64. The molecular weight excluding hydrogens is 264 g/mol. The Balaban J connectivity index is 1.96. The van der Waals surface area contributed by atoms with Gasteiger partial charge in [-0.05, 0) is 11.5 Å². The lowest BCUT2D eigenvalue weighted by Crippen LogP contribution is -2.02. The molecule has 0 amide bonds. The number of aromatic nitrogens is 2. The van der Waals surface area contributed by atoms with Gasteiger partial charge in [-0.25, -0.2) is 0 Å². The van der Waals surface area contributed by atoms with Crippen LogP contribution in [0.25, 0.3) is 0 Å². The smallest absolute Gasteiger partial charge is 0.174 e. The SMILES string of the molecule is CC(C)c1ccc(C(=O)CSc2nncs2)cc1. The van der Waals surface area contributed by atoms with Crippen molar-refractivity contribution in [2.24, 2.45) is 0 Å². The largest absolute Gasteiger partial charge is 0.293 e. The summed E-state index contributed by atoms with van der Waals surface area (Å²) in [7, 11) is 0. The molecular formula is C13H14N2OS2. The van der Waals surface area contributed by atoms with Crippen molar-refractivity contribution in [3.63, 3.8) is 0 Å². The Hall–Kier alpha value is -1.20. The minimum Gasteiger partial charge on any atom is -0.293 e. The van der Waals surface area contributed by atoms with Crippen LogP contribution < -0.4 is 0 Å². The Labute approximate surface area is 115 Å². The monoisotopic (exact) mass is 278 g/mol. The number of carbonyl (C=O) groups is 1. The molecule has 0 atom stereocenters. The molecule has 0 saturated heterocycles. The average Bonchev–Trinajstić information content (AvgIpc) is 2.89. The summed E-state index contributed by atoms with van der Waals surface area (Å²) in [5.41, 5.74) is 3.68. The molecule has 3 nitrogen and oxygen atoms in total. The Morgan fingerprint density at radius 2 is 2.06 bits per heavy atom. The van der Waals surface area contributed by atoms with Crippen LogP contribution in [-0.4, -0.2) is 21.7 Å². The third kappa shape index (κ3) is 3.40. The summed E-state index contributed by atoms with van der Waals surface area (Å²) in [4.78, 5) is 12.0. The van der Waals surface area contributed by atoms with Gasteiger partial charge in [0.25, 0.3) is 0 Å². The van der Waals surface area contributed by atoms with E-state index in [0.29, 0.717) is 11.7 Å². The van der Waals surface area contributed by atoms with Crippen LogP contribution in [0.4, 0.5) is 0 Å². The number of hydrogen-bond acceptors (Lipinski definition) is 5. The van der Waals surface area contributed by atoms with Crippen LogP contribution in [0.2, 0.25) is 0 Å². The van der Waals surface area contributed by atoms with Gasteiger partial charge in [0.05, 0.1) is 5.75 Å². The zero-order chi connectivity index (χ0) is 13.0. The summed E-state index contributed by atoms with van der Waals surface area (Å²) < 4.78 is 0.835. The molecule has 94 valence electrons. The van der Waals surface area contributed by atoms with E-state index in [9.17, 15) is 4.79 Å². The van der Waals surface area contributed by atoms with E-state index in [1.807, 2.05) is 24.3 Å². The fourth-order valence-corrected chi connectivity index (χ4v) is 2.87. The molecule has 1 aromatic heterocycles. The van der Waals surface area contributed by atoms with Crippen molar-refractivity contribution in [2.75, 3.05) is 5.75 Å². The van der Waals surface area contributed by atoms with E-state index >= 15 is 0 Å². The molecule has 0 unspecified atom stereocenters. The molecule has 0 aliphatic heterocycles. The van der Waals surface area contributed by atoms with Crippen molar-refractivity contribution in [3.05, 3.63) is 40.9 Å². The summed E-state index contributed by atoms with van der Waals surface area (Å²) in [6.45, 7) is 4.28. The van der Waals surface area contributed by atoms with Crippen molar-refractivity contribution < 1.29 is 4.79 Å². The van der Waals surface area contributed by atoms with Crippen LogP contribution in [0, 0.1) is 0 Å². The normalized spacial score (nSPS) is 10.8. The Morgan fingerprint density at radius 3 is 2.61 bits per heavy atom. The molecule has 0 N–H and O–H groups in total. The van der Waals surface area contributed by atoms with Gasteiger partial charge >= 0.3 is 0 Å². The molecule has 0 radical (unpaired) electrons. The lowest BCUT2D eigenvalue weighted by Gasteiger charge is -2.05. The zero-order valence-corrected chi connectivity index (χ0v) is 11.9. The highest BCUT2D eigenvalue weighted by molar-refractivity contribution is 8.01. The van der Waals surface area contributed by atoms with Crippen molar-refractivity contribution in [2.45, 2.75) is 24.1 Å². The first-order chi connectivity index (χ1) is 8.66. The number of Topliss-reactive ketones (excluding diaryl/α,β-unsaturated/α-hetero) is 1. The molecule has 0 aliphatic rings. The van der Waals surface area contributed by atoms with Crippen LogP contribution in [0.3, 0.4) is 0 Å². The van der Waals surface area contributed by atoms with E-state index in [2.05, 4.69) is 24.0 Å². The van der Waals surface area contributed by atoms with Gasteiger partial charge in [0.15, 0.2) is 10.1 Å². The van der Waals surface area contributed by atoms with Gasteiger partial charge in [-0.3, -0.25) is 4.79 Å². The third-order valence-electron chi connectivity index (χ3n) is 2.57. The second kappa shape index (κ2) is 6.11. The Morgan fingerprint density at radius 1 is 1.33 bits per heavy atom. The first kappa shape index (κ1) is 13.2. The first-order valence-electron chi connectivity index (χ1n) is 5.69. The fourth-order valence-electron chi connectivity index (χ4n) is 1.49. The van der Waals surface area contributed by atoms with Crippen LogP contribution in [0.15, 0.2) is 34.1 Å². The third-order valence-corrected chi connectivity index (χ3v) is 4.43. The highest BCUT2D eigenvalue weighted by Gasteiger charge is 2.08. The second-order valence-corrected chi connectivity index (χ2v) is 6.25. The molecule has 0 saturated carbocycles. The highest BCUT2D eigenvalue weighted by Crippen LogP contribution is 2.21. The summed E-state index contributed by atoms with van der Waals surface area (Å²) in [6.07, 6.45) is 0. The van der Waals surface area contributed by atoms with Crippen molar-refractivity contribution >= 4 is 28.9 Å². The number of thioether (sulfide) groups is 1. The van der Waals surface area contributed by atoms with Gasteiger partial charge in [0.2, 0.25) is 0 Å². The minimum atomic E-state index is 0.130. The summed E-state index contributed by atoms with van der Waals surface area (Å²) in [5, 5.41) is 7.64. The molecule has 0 fully saturated rings. The molecule has 0 bridgehead atoms. The predicted molar refractivity (Wildman–Crippen MR) is 75.5 cm³/mol. The number of nitrogens with zero attached hydrogens (tertiary/aromatic N) is 2. The molecule has 2 rings (SSSR count). The van der Waals surface area contributed by atoms with E-state index in [4.69, 9.17) is 0 Å². The Bertz CT molecular complexity index is 506. The topological polar surface area (TPSA) is 42.9 Å². The van der Waals surface area contributed by atoms with Crippen LogP contribution >= 0.6 is 23.1 Å². The summed E-state index contributed by atoms with van der Waals surface area (Å²) in [6, 6.07) is 7.84. The van der Waals surface area contributed by atoms with E-state index < -0.39 is 0 Å². The quantitative estimate of drug-likeness (QED) is 0.618. The van der Waals surface area contributed by atoms with Crippen LogP contribution in [-0.2, 0) is 0 Å². The standard InChI is InChI=1S/C13H14N2OS2/c1-9(2)10-3-5-11(6-4-10)12(16)7-17-13-15-14-8-18-13/h3-6,8-9H,7H2,1-2H3. The molecule has 2 aromatic rings. The van der Waals surface area contributed by atoms with E-state index in [-0.39, 0.29) is 5.78 Å². The van der Waals surface area contributed by atoms with Gasteiger partial charge in [0, 0.05) is 5.56 Å². The lowest BCUT2D eigenvalue weighted by molar-refractivity contribution is 0.102. The fraction of sp³-hybridized carbons (Fsp3) is 0.308. The minimum absolute atomic E-state index is 0.130. The maximum atomic E-state index is 12.0. The van der Waals surface area contributed by atoms with Crippen molar-refractivity contribution in [1.82, 2.24) is 10.2 Å². The first-order valence-corrected chi connectivity index (χ1v) is 7.55. The van der Waals surface area contributed by atoms with Crippen molar-refractivity contribution in [3.8, 4) is 0 Å². The number of hydrogen-bond donors (Lipinski definition) is 0. The summed E-state index contributed by atoms with van der Waals surface area (Å²) in [5.74, 6) is 1.03. The van der Waals surface area contributed by atoms with E-state index in [1.54, 1.807) is 5.51 Å².